The maximum atomic E-state index is 13.7. The maximum Gasteiger partial charge on any atom is 0.272 e. The van der Waals surface area contributed by atoms with Gasteiger partial charge in [-0.15, -0.1) is 11.8 Å². The van der Waals surface area contributed by atoms with Crippen LogP contribution >= 0.6 is 11.8 Å². The first-order chi connectivity index (χ1) is 24.8. The Labute approximate surface area is 300 Å². The first kappa shape index (κ1) is 36.1. The van der Waals surface area contributed by atoms with E-state index < -0.39 is 17.1 Å². The molecule has 5 rings (SSSR count). The van der Waals surface area contributed by atoms with Gasteiger partial charge in [-0.1, -0.05) is 54.6 Å². The van der Waals surface area contributed by atoms with Crippen molar-refractivity contribution in [3.05, 3.63) is 144 Å². The summed E-state index contributed by atoms with van der Waals surface area (Å²) in [7, 11) is 6.14. The molecule has 10 nitrogen and oxygen atoms in total. The van der Waals surface area contributed by atoms with Crippen LogP contribution in [-0.4, -0.2) is 46.2 Å². The van der Waals surface area contributed by atoms with Gasteiger partial charge in [0.15, 0.2) is 11.5 Å². The van der Waals surface area contributed by atoms with Gasteiger partial charge in [-0.05, 0) is 77.9 Å². The van der Waals surface area contributed by atoms with Crippen LogP contribution in [0.4, 0.5) is 11.4 Å². The number of thioether (sulfide) groups is 1. The van der Waals surface area contributed by atoms with E-state index in [9.17, 15) is 14.4 Å². The summed E-state index contributed by atoms with van der Waals surface area (Å²) in [5.41, 5.74) is 2.83. The van der Waals surface area contributed by atoms with E-state index in [1.54, 1.807) is 92.0 Å². The molecule has 1 unspecified atom stereocenters. The van der Waals surface area contributed by atoms with E-state index in [4.69, 9.17) is 18.9 Å². The Hall–Kier alpha value is -6.20. The molecular formula is C40H37N3O7S. The summed E-state index contributed by atoms with van der Waals surface area (Å²) >= 11 is 1.36. The number of nitrogens with one attached hydrogen (secondary N) is 3. The van der Waals surface area contributed by atoms with Crippen molar-refractivity contribution < 1.29 is 33.3 Å². The molecular weight excluding hydrogens is 667 g/mol. The summed E-state index contributed by atoms with van der Waals surface area (Å²) < 4.78 is 21.5. The second-order valence-electron chi connectivity index (χ2n) is 10.9. The predicted molar refractivity (Wildman–Crippen MR) is 200 cm³/mol. The third-order valence-electron chi connectivity index (χ3n) is 7.62. The zero-order chi connectivity index (χ0) is 36.2. The van der Waals surface area contributed by atoms with Gasteiger partial charge in [0.25, 0.3) is 11.8 Å². The van der Waals surface area contributed by atoms with Crippen LogP contribution in [0.15, 0.2) is 132 Å². The Morgan fingerprint density at radius 3 is 1.96 bits per heavy atom. The summed E-state index contributed by atoms with van der Waals surface area (Å²) in [6, 6.07) is 35.5. The van der Waals surface area contributed by atoms with Gasteiger partial charge < -0.3 is 34.9 Å². The average Bonchev–Trinajstić information content (AvgIpc) is 3.17. The molecule has 0 radical (unpaired) electrons. The molecule has 5 aromatic rings. The summed E-state index contributed by atoms with van der Waals surface area (Å²) in [5, 5.41) is 7.99. The number of hydrogen-bond acceptors (Lipinski definition) is 8. The normalized spacial score (nSPS) is 11.5. The molecule has 0 bridgehead atoms. The molecule has 3 amide bonds. The highest BCUT2D eigenvalue weighted by atomic mass is 32.2. The molecule has 0 aromatic heterocycles. The van der Waals surface area contributed by atoms with Gasteiger partial charge in [-0.25, -0.2) is 0 Å². The lowest BCUT2D eigenvalue weighted by molar-refractivity contribution is -0.116. The molecule has 0 heterocycles. The summed E-state index contributed by atoms with van der Waals surface area (Å²) in [4.78, 5) is 41.2. The van der Waals surface area contributed by atoms with Crippen molar-refractivity contribution in [2.24, 2.45) is 0 Å². The number of carbonyl (C=O) groups is 3. The number of amides is 3. The van der Waals surface area contributed by atoms with Gasteiger partial charge in [0.2, 0.25) is 5.91 Å². The molecule has 0 aliphatic rings. The maximum absolute atomic E-state index is 13.7. The third-order valence-corrected chi connectivity index (χ3v) is 8.89. The first-order valence-corrected chi connectivity index (χ1v) is 16.7. The van der Waals surface area contributed by atoms with E-state index in [-0.39, 0.29) is 11.6 Å². The van der Waals surface area contributed by atoms with Crippen LogP contribution in [0.3, 0.4) is 0 Å². The molecule has 0 saturated carbocycles. The van der Waals surface area contributed by atoms with Crippen molar-refractivity contribution in [3.63, 3.8) is 0 Å². The van der Waals surface area contributed by atoms with Crippen LogP contribution in [-0.2, 0) is 9.59 Å². The number of carbonyl (C=O) groups excluding carboxylic acids is 3. The Kier molecular flexibility index (Phi) is 12.4. The lowest BCUT2D eigenvalue weighted by atomic mass is 10.1. The molecule has 11 heteroatoms. The minimum atomic E-state index is -0.609. The summed E-state index contributed by atoms with van der Waals surface area (Å²) in [6.07, 6.45) is 1.56. The largest absolute Gasteiger partial charge is 0.497 e. The smallest absolute Gasteiger partial charge is 0.272 e. The molecule has 1 atom stereocenters. The van der Waals surface area contributed by atoms with Crippen LogP contribution in [0.2, 0.25) is 0 Å². The number of ether oxygens (including phenoxy) is 4. The second-order valence-corrected chi connectivity index (χ2v) is 12.1. The fourth-order valence-electron chi connectivity index (χ4n) is 5.00. The van der Waals surface area contributed by atoms with Crippen LogP contribution in [0.25, 0.3) is 6.08 Å². The summed E-state index contributed by atoms with van der Waals surface area (Å²) in [6.45, 7) is 0. The van der Waals surface area contributed by atoms with E-state index in [0.29, 0.717) is 45.5 Å². The highest BCUT2D eigenvalue weighted by Crippen LogP contribution is 2.38. The highest BCUT2D eigenvalue weighted by Gasteiger charge is 2.24. The van der Waals surface area contributed by atoms with Crippen LogP contribution < -0.4 is 34.9 Å². The summed E-state index contributed by atoms with van der Waals surface area (Å²) in [5.74, 6) is 0.850. The van der Waals surface area contributed by atoms with Crippen molar-refractivity contribution >= 4 is 46.9 Å². The average molecular weight is 704 g/mol. The SMILES string of the molecule is COc1ccc(NC(=O)C(Sc2ccc(NC(=O)/C(=C/c3ccc(OC)c(OC)c3)NC(=O)c3ccccc3)cc2)c2ccccc2)c(OC)c1. The molecule has 260 valence electrons. The number of hydrogen-bond donors (Lipinski definition) is 3. The van der Waals surface area contributed by atoms with Gasteiger partial charge >= 0.3 is 0 Å². The van der Waals surface area contributed by atoms with Crippen LogP contribution in [0.1, 0.15) is 26.7 Å². The molecule has 0 spiro atoms. The second kappa shape index (κ2) is 17.5. The molecule has 0 fully saturated rings. The molecule has 5 aromatic carbocycles. The van der Waals surface area contributed by atoms with Gasteiger partial charge in [-0.2, -0.15) is 0 Å². The van der Waals surface area contributed by atoms with Crippen molar-refractivity contribution in [1.82, 2.24) is 5.32 Å². The molecule has 0 aliphatic heterocycles. The van der Waals surface area contributed by atoms with Gasteiger partial charge in [0.05, 0.1) is 34.1 Å². The number of anilines is 2. The van der Waals surface area contributed by atoms with E-state index in [0.717, 1.165) is 10.5 Å². The Morgan fingerprint density at radius 1 is 0.647 bits per heavy atom. The lowest BCUT2D eigenvalue weighted by Crippen LogP contribution is -2.30. The van der Waals surface area contributed by atoms with Crippen molar-refractivity contribution in [2.45, 2.75) is 10.1 Å². The topological polar surface area (TPSA) is 124 Å². The van der Waals surface area contributed by atoms with E-state index in [2.05, 4.69) is 16.0 Å². The van der Waals surface area contributed by atoms with Crippen molar-refractivity contribution in [1.29, 1.82) is 0 Å². The van der Waals surface area contributed by atoms with E-state index in [1.807, 2.05) is 42.5 Å². The molecule has 0 saturated heterocycles. The van der Waals surface area contributed by atoms with Crippen LogP contribution in [0, 0.1) is 0 Å². The van der Waals surface area contributed by atoms with Crippen molar-refractivity contribution in [3.8, 4) is 23.0 Å². The molecule has 51 heavy (non-hydrogen) atoms. The van der Waals surface area contributed by atoms with E-state index in [1.165, 1.54) is 33.1 Å². The molecule has 0 aliphatic carbocycles. The third kappa shape index (κ3) is 9.49. The van der Waals surface area contributed by atoms with Gasteiger partial charge in [0, 0.05) is 22.2 Å². The molecule has 3 N–H and O–H groups in total. The minimum Gasteiger partial charge on any atom is -0.497 e. The highest BCUT2D eigenvalue weighted by molar-refractivity contribution is 8.00. The standard InChI is InChI=1S/C40H37N3O7S/c1-47-30-18-21-32(35(25-30)49-3)42-40(46)37(27-11-7-5-8-12-27)51-31-19-16-29(17-20-31)41-39(45)33(43-38(44)28-13-9-6-10-14-28)23-26-15-22-34(48-2)36(24-26)50-4/h5-25,37H,1-4H3,(H,41,45)(H,42,46)(H,43,44)/b33-23-. The Balaban J connectivity index is 1.35. The number of methoxy groups -OCH3 is 4. The number of benzene rings is 5. The Bertz CT molecular complexity index is 2000. The predicted octanol–water partition coefficient (Wildman–Crippen LogP) is 7.60. The fourth-order valence-corrected chi connectivity index (χ4v) is 6.03. The zero-order valence-electron chi connectivity index (χ0n) is 28.5. The number of rotatable bonds is 14. The first-order valence-electron chi connectivity index (χ1n) is 15.8. The Morgan fingerprint density at radius 2 is 1.31 bits per heavy atom. The monoisotopic (exact) mass is 703 g/mol. The van der Waals surface area contributed by atoms with Gasteiger partial charge in [-0.3, -0.25) is 14.4 Å². The lowest BCUT2D eigenvalue weighted by Gasteiger charge is -2.19. The minimum absolute atomic E-state index is 0.0179. The van der Waals surface area contributed by atoms with Crippen molar-refractivity contribution in [2.75, 3.05) is 39.1 Å². The van der Waals surface area contributed by atoms with E-state index >= 15 is 0 Å². The fraction of sp³-hybridized carbons (Fsp3) is 0.125. The van der Waals surface area contributed by atoms with Crippen LogP contribution in [0.5, 0.6) is 23.0 Å². The zero-order valence-corrected chi connectivity index (χ0v) is 29.3. The van der Waals surface area contributed by atoms with Gasteiger partial charge in [0.1, 0.15) is 22.4 Å². The quantitative estimate of drug-likeness (QED) is 0.0798.